The second kappa shape index (κ2) is 6.74. The summed E-state index contributed by atoms with van der Waals surface area (Å²) in [5.41, 5.74) is 2.03. The lowest BCUT2D eigenvalue weighted by molar-refractivity contribution is -0.119. The van der Waals surface area contributed by atoms with Crippen LogP contribution in [0.2, 0.25) is 0 Å². The summed E-state index contributed by atoms with van der Waals surface area (Å²) in [5, 5.41) is 5.74. The quantitative estimate of drug-likeness (QED) is 0.837. The maximum Gasteiger partial charge on any atom is 0.239 e. The average Bonchev–Trinajstić information content (AvgIpc) is 2.33. The topological polar surface area (TPSA) is 75.3 Å². The minimum atomic E-state index is -3.28. The SMILES string of the molecule is CCCNC(=O)CNc1ccc(C)c(S(C)(=O)=O)c1C. The minimum Gasteiger partial charge on any atom is -0.376 e. The lowest BCUT2D eigenvalue weighted by atomic mass is 10.1. The molecule has 0 radical (unpaired) electrons. The van der Waals surface area contributed by atoms with E-state index in [2.05, 4.69) is 10.6 Å². The van der Waals surface area contributed by atoms with Gasteiger partial charge in [-0.3, -0.25) is 4.79 Å². The highest BCUT2D eigenvalue weighted by molar-refractivity contribution is 7.90. The zero-order chi connectivity index (χ0) is 15.3. The fourth-order valence-corrected chi connectivity index (χ4v) is 3.41. The standard InChI is InChI=1S/C14H22N2O3S/c1-5-8-15-13(17)9-16-12-7-6-10(2)14(11(12)3)20(4,18)19/h6-7,16H,5,8-9H2,1-4H3,(H,15,17). The Morgan fingerprint density at radius 1 is 1.25 bits per heavy atom. The molecule has 0 aromatic heterocycles. The number of sulfone groups is 1. The van der Waals surface area contributed by atoms with Crippen molar-refractivity contribution in [1.29, 1.82) is 0 Å². The van der Waals surface area contributed by atoms with Gasteiger partial charge in [-0.2, -0.15) is 0 Å². The molecular formula is C14H22N2O3S. The van der Waals surface area contributed by atoms with E-state index >= 15 is 0 Å². The van der Waals surface area contributed by atoms with Crippen molar-refractivity contribution in [3.63, 3.8) is 0 Å². The Morgan fingerprint density at radius 3 is 2.45 bits per heavy atom. The monoisotopic (exact) mass is 298 g/mol. The minimum absolute atomic E-state index is 0.104. The van der Waals surface area contributed by atoms with Crippen LogP contribution in [0.15, 0.2) is 17.0 Å². The second-order valence-electron chi connectivity index (χ2n) is 4.86. The highest BCUT2D eigenvalue weighted by Crippen LogP contribution is 2.26. The van der Waals surface area contributed by atoms with E-state index in [1.807, 2.05) is 6.92 Å². The molecule has 1 aromatic carbocycles. The van der Waals surface area contributed by atoms with Crippen molar-refractivity contribution in [3.8, 4) is 0 Å². The summed E-state index contributed by atoms with van der Waals surface area (Å²) in [7, 11) is -3.28. The van der Waals surface area contributed by atoms with Gasteiger partial charge in [-0.25, -0.2) is 8.42 Å². The van der Waals surface area contributed by atoms with E-state index < -0.39 is 9.84 Å². The largest absolute Gasteiger partial charge is 0.376 e. The fraction of sp³-hybridized carbons (Fsp3) is 0.500. The van der Waals surface area contributed by atoms with Gasteiger partial charge in [0.05, 0.1) is 11.4 Å². The van der Waals surface area contributed by atoms with Gasteiger partial charge in [0, 0.05) is 18.5 Å². The number of benzene rings is 1. The van der Waals surface area contributed by atoms with E-state index in [-0.39, 0.29) is 12.5 Å². The number of hydrogen-bond donors (Lipinski definition) is 2. The molecule has 0 saturated heterocycles. The predicted octanol–water partition coefficient (Wildman–Crippen LogP) is 1.65. The van der Waals surface area contributed by atoms with Crippen LogP contribution in [-0.4, -0.2) is 33.7 Å². The first-order valence-electron chi connectivity index (χ1n) is 6.58. The lowest BCUT2D eigenvalue weighted by Crippen LogP contribution is -2.30. The van der Waals surface area contributed by atoms with Gasteiger partial charge < -0.3 is 10.6 Å². The van der Waals surface area contributed by atoms with Crippen LogP contribution in [0.5, 0.6) is 0 Å². The number of carbonyl (C=O) groups is 1. The molecular weight excluding hydrogens is 276 g/mol. The summed E-state index contributed by atoms with van der Waals surface area (Å²) in [4.78, 5) is 11.9. The summed E-state index contributed by atoms with van der Waals surface area (Å²) in [6, 6.07) is 3.54. The molecule has 0 atom stereocenters. The Balaban J connectivity index is 2.91. The van der Waals surface area contributed by atoms with Gasteiger partial charge >= 0.3 is 0 Å². The number of carbonyl (C=O) groups excluding carboxylic acids is 1. The Morgan fingerprint density at radius 2 is 1.90 bits per heavy atom. The van der Waals surface area contributed by atoms with Crippen molar-refractivity contribution in [1.82, 2.24) is 5.32 Å². The number of anilines is 1. The molecule has 0 bridgehead atoms. The number of hydrogen-bond acceptors (Lipinski definition) is 4. The van der Waals surface area contributed by atoms with E-state index in [0.717, 1.165) is 6.42 Å². The zero-order valence-electron chi connectivity index (χ0n) is 12.4. The average molecular weight is 298 g/mol. The zero-order valence-corrected chi connectivity index (χ0v) is 13.2. The third kappa shape index (κ3) is 4.23. The molecule has 20 heavy (non-hydrogen) atoms. The van der Waals surface area contributed by atoms with Crippen molar-refractivity contribution in [2.24, 2.45) is 0 Å². The van der Waals surface area contributed by atoms with Crippen LogP contribution >= 0.6 is 0 Å². The predicted molar refractivity (Wildman–Crippen MR) is 80.8 cm³/mol. The Labute approximate surface area is 120 Å². The summed E-state index contributed by atoms with van der Waals surface area (Å²) < 4.78 is 23.6. The molecule has 0 fully saturated rings. The van der Waals surface area contributed by atoms with Crippen molar-refractivity contribution < 1.29 is 13.2 Å². The molecule has 0 aliphatic rings. The van der Waals surface area contributed by atoms with Crippen LogP contribution in [0.25, 0.3) is 0 Å². The first-order chi connectivity index (χ1) is 9.27. The van der Waals surface area contributed by atoms with Gasteiger partial charge in [-0.1, -0.05) is 13.0 Å². The maximum absolute atomic E-state index is 11.8. The molecule has 6 heteroatoms. The van der Waals surface area contributed by atoms with Gasteiger partial charge in [-0.05, 0) is 37.5 Å². The molecule has 0 spiro atoms. The van der Waals surface area contributed by atoms with Gasteiger partial charge in [-0.15, -0.1) is 0 Å². The Hall–Kier alpha value is -1.56. The third-order valence-corrected chi connectivity index (χ3v) is 4.35. The summed E-state index contributed by atoms with van der Waals surface area (Å²) >= 11 is 0. The van der Waals surface area contributed by atoms with E-state index in [1.54, 1.807) is 26.0 Å². The van der Waals surface area contributed by atoms with Crippen molar-refractivity contribution in [2.45, 2.75) is 32.1 Å². The first kappa shape index (κ1) is 16.5. The smallest absolute Gasteiger partial charge is 0.239 e. The van der Waals surface area contributed by atoms with E-state index in [0.29, 0.717) is 28.3 Å². The van der Waals surface area contributed by atoms with E-state index in [4.69, 9.17) is 0 Å². The molecule has 112 valence electrons. The number of rotatable bonds is 6. The highest BCUT2D eigenvalue weighted by Gasteiger charge is 2.16. The maximum atomic E-state index is 11.8. The van der Waals surface area contributed by atoms with Crippen LogP contribution in [0, 0.1) is 13.8 Å². The molecule has 2 N–H and O–H groups in total. The lowest BCUT2D eigenvalue weighted by Gasteiger charge is -2.14. The van der Waals surface area contributed by atoms with Crippen molar-refractivity contribution in [2.75, 3.05) is 24.7 Å². The highest BCUT2D eigenvalue weighted by atomic mass is 32.2. The number of nitrogens with one attached hydrogen (secondary N) is 2. The van der Waals surface area contributed by atoms with E-state index in [1.165, 1.54) is 6.26 Å². The molecule has 1 rings (SSSR count). The van der Waals surface area contributed by atoms with Crippen LogP contribution in [0.1, 0.15) is 24.5 Å². The van der Waals surface area contributed by atoms with Gasteiger partial charge in [0.1, 0.15) is 0 Å². The fourth-order valence-electron chi connectivity index (χ4n) is 2.09. The molecule has 0 unspecified atom stereocenters. The molecule has 0 aliphatic heterocycles. The first-order valence-corrected chi connectivity index (χ1v) is 8.47. The van der Waals surface area contributed by atoms with Gasteiger partial charge in [0.2, 0.25) is 5.91 Å². The molecule has 0 heterocycles. The van der Waals surface area contributed by atoms with Crippen LogP contribution in [0.3, 0.4) is 0 Å². The molecule has 1 amide bonds. The number of aryl methyl sites for hydroxylation is 1. The van der Waals surface area contributed by atoms with Crippen molar-refractivity contribution in [3.05, 3.63) is 23.3 Å². The van der Waals surface area contributed by atoms with E-state index in [9.17, 15) is 13.2 Å². The van der Waals surface area contributed by atoms with Gasteiger partial charge in [0.25, 0.3) is 0 Å². The summed E-state index contributed by atoms with van der Waals surface area (Å²) in [6.07, 6.45) is 2.08. The van der Waals surface area contributed by atoms with Crippen molar-refractivity contribution >= 4 is 21.4 Å². The van der Waals surface area contributed by atoms with Crippen LogP contribution < -0.4 is 10.6 Å². The Bertz CT molecular complexity index is 595. The Kier molecular flexibility index (Phi) is 5.56. The summed E-state index contributed by atoms with van der Waals surface area (Å²) in [6.45, 7) is 6.27. The molecule has 0 saturated carbocycles. The normalized spacial score (nSPS) is 11.2. The molecule has 1 aromatic rings. The number of amides is 1. The third-order valence-electron chi connectivity index (χ3n) is 2.99. The van der Waals surface area contributed by atoms with Crippen LogP contribution in [-0.2, 0) is 14.6 Å². The molecule has 5 nitrogen and oxygen atoms in total. The molecule has 0 aliphatic carbocycles. The van der Waals surface area contributed by atoms with Crippen LogP contribution in [0.4, 0.5) is 5.69 Å². The van der Waals surface area contributed by atoms with Gasteiger partial charge in [0.15, 0.2) is 9.84 Å². The second-order valence-corrected chi connectivity index (χ2v) is 6.81. The summed E-state index contributed by atoms with van der Waals surface area (Å²) in [5.74, 6) is -0.104.